The molecule has 1 fully saturated rings. The number of aliphatic hydroxyl groups is 1. The number of carbonyl (C=O) groups excluding carboxylic acids is 1. The maximum absolute atomic E-state index is 13.1. The molecule has 2 aromatic carbocycles. The van der Waals surface area contributed by atoms with Crippen molar-refractivity contribution in [3.05, 3.63) is 59.8 Å². The summed E-state index contributed by atoms with van der Waals surface area (Å²) in [5, 5.41) is 22.2. The van der Waals surface area contributed by atoms with Gasteiger partial charge in [-0.2, -0.15) is 18.3 Å². The van der Waals surface area contributed by atoms with E-state index in [1.807, 2.05) is 6.20 Å². The number of fused-ring (bicyclic) bond motifs is 3. The molecule has 34 heavy (non-hydrogen) atoms. The molecular weight excluding hydrogens is 447 g/mol. The minimum Gasteiger partial charge on any atom is -0.394 e. The highest BCUT2D eigenvalue weighted by Gasteiger charge is 2.33. The van der Waals surface area contributed by atoms with Gasteiger partial charge in [0.25, 0.3) is 5.91 Å². The van der Waals surface area contributed by atoms with Crippen molar-refractivity contribution in [2.75, 3.05) is 19.7 Å². The largest absolute Gasteiger partial charge is 0.416 e. The summed E-state index contributed by atoms with van der Waals surface area (Å²) >= 11 is 0. The molecule has 1 aliphatic heterocycles. The third-order valence-corrected chi connectivity index (χ3v) is 6.51. The zero-order valence-corrected chi connectivity index (χ0v) is 18.5. The van der Waals surface area contributed by atoms with Crippen LogP contribution in [-0.4, -0.2) is 50.6 Å². The maximum Gasteiger partial charge on any atom is 0.416 e. The maximum atomic E-state index is 13.1. The molecule has 3 heterocycles. The number of hydrogen-bond donors (Lipinski definition) is 3. The molecule has 0 bridgehead atoms. The summed E-state index contributed by atoms with van der Waals surface area (Å²) in [7, 11) is 1.77. The van der Waals surface area contributed by atoms with E-state index in [2.05, 4.69) is 15.7 Å². The fourth-order valence-corrected chi connectivity index (χ4v) is 4.64. The Hall–Kier alpha value is -3.37. The average molecular weight is 471 g/mol. The number of rotatable bonds is 4. The zero-order valence-electron chi connectivity index (χ0n) is 18.5. The number of nitrogens with zero attached hydrogens (tertiary/aromatic N) is 3. The Morgan fingerprint density at radius 1 is 1.15 bits per heavy atom. The second kappa shape index (κ2) is 8.14. The van der Waals surface area contributed by atoms with Gasteiger partial charge in [0.1, 0.15) is 0 Å². The van der Waals surface area contributed by atoms with E-state index in [-0.39, 0.29) is 12.5 Å². The first kappa shape index (κ1) is 22.4. The Bertz CT molecular complexity index is 1370. The van der Waals surface area contributed by atoms with Gasteiger partial charge in [-0.25, -0.2) is 0 Å². The monoisotopic (exact) mass is 471 g/mol. The van der Waals surface area contributed by atoms with Crippen molar-refractivity contribution in [2.45, 2.75) is 24.6 Å². The first-order valence-electron chi connectivity index (χ1n) is 11.0. The van der Waals surface area contributed by atoms with Crippen molar-refractivity contribution in [1.29, 1.82) is 0 Å². The van der Waals surface area contributed by atoms with Crippen LogP contribution in [0.5, 0.6) is 0 Å². The highest BCUT2D eigenvalue weighted by atomic mass is 19.4. The number of aliphatic hydroxyl groups excluding tert-OH is 1. The van der Waals surface area contributed by atoms with Crippen molar-refractivity contribution in [2.24, 2.45) is 7.05 Å². The molecule has 2 aromatic heterocycles. The van der Waals surface area contributed by atoms with Crippen molar-refractivity contribution in [1.82, 2.24) is 25.0 Å². The molecule has 0 saturated carbocycles. The van der Waals surface area contributed by atoms with Crippen LogP contribution in [0.3, 0.4) is 0 Å². The number of aryl methyl sites for hydroxylation is 1. The summed E-state index contributed by atoms with van der Waals surface area (Å²) in [5.41, 5.74) is 0.910. The number of halogens is 3. The van der Waals surface area contributed by atoms with Crippen LogP contribution in [0.25, 0.3) is 27.6 Å². The molecule has 1 amide bonds. The number of aromatic nitrogens is 3. The average Bonchev–Trinajstić information content (AvgIpc) is 3.33. The molecule has 5 rings (SSSR count). The van der Waals surface area contributed by atoms with E-state index in [0.717, 1.165) is 28.4 Å². The van der Waals surface area contributed by atoms with Gasteiger partial charge >= 0.3 is 6.18 Å². The lowest BCUT2D eigenvalue weighted by atomic mass is 9.89. The van der Waals surface area contributed by atoms with Gasteiger partial charge in [0.05, 0.1) is 23.2 Å². The minimum absolute atomic E-state index is 0.139. The number of piperidine rings is 1. The SMILES string of the molecule is Cn1cc2c3cc(C(=O)NC4(CO)CCNCC4)ccc3n(-c3ccc(C(F)(F)F)cc3)c2n1. The van der Waals surface area contributed by atoms with Gasteiger partial charge in [0.15, 0.2) is 5.65 Å². The third kappa shape index (κ3) is 3.82. The molecule has 10 heteroatoms. The molecule has 0 aliphatic carbocycles. The van der Waals surface area contributed by atoms with Crippen LogP contribution in [0.4, 0.5) is 13.2 Å². The molecule has 0 radical (unpaired) electrons. The Morgan fingerprint density at radius 3 is 2.50 bits per heavy atom. The summed E-state index contributed by atoms with van der Waals surface area (Å²) in [5.74, 6) is -0.280. The van der Waals surface area contributed by atoms with E-state index in [9.17, 15) is 23.1 Å². The van der Waals surface area contributed by atoms with Crippen LogP contribution in [0.15, 0.2) is 48.7 Å². The lowest BCUT2D eigenvalue weighted by molar-refractivity contribution is -0.137. The van der Waals surface area contributed by atoms with Crippen LogP contribution in [-0.2, 0) is 13.2 Å². The number of hydrogen-bond acceptors (Lipinski definition) is 4. The summed E-state index contributed by atoms with van der Waals surface area (Å²) < 4.78 is 42.5. The molecule has 1 saturated heterocycles. The van der Waals surface area contributed by atoms with Crippen LogP contribution < -0.4 is 10.6 Å². The fourth-order valence-electron chi connectivity index (χ4n) is 4.64. The van der Waals surface area contributed by atoms with E-state index in [1.165, 1.54) is 12.1 Å². The van der Waals surface area contributed by atoms with E-state index >= 15 is 0 Å². The first-order chi connectivity index (χ1) is 16.2. The summed E-state index contributed by atoms with van der Waals surface area (Å²) in [6.07, 6.45) is -1.33. The van der Waals surface area contributed by atoms with Crippen molar-refractivity contribution in [3.8, 4) is 5.69 Å². The zero-order chi connectivity index (χ0) is 24.1. The molecule has 0 spiro atoms. The van der Waals surface area contributed by atoms with Gasteiger partial charge in [0, 0.05) is 35.3 Å². The highest BCUT2D eigenvalue weighted by molar-refractivity contribution is 6.10. The number of alkyl halides is 3. The molecule has 4 aromatic rings. The van der Waals surface area contributed by atoms with Crippen molar-refractivity contribution in [3.63, 3.8) is 0 Å². The van der Waals surface area contributed by atoms with E-state index in [0.29, 0.717) is 42.8 Å². The molecular formula is C24H24F3N5O2. The Morgan fingerprint density at radius 2 is 1.85 bits per heavy atom. The summed E-state index contributed by atoms with van der Waals surface area (Å²) in [4.78, 5) is 13.1. The number of nitrogens with one attached hydrogen (secondary N) is 2. The summed E-state index contributed by atoms with van der Waals surface area (Å²) in [6.45, 7) is 1.29. The summed E-state index contributed by atoms with van der Waals surface area (Å²) in [6, 6.07) is 10.1. The predicted molar refractivity (Wildman–Crippen MR) is 122 cm³/mol. The molecule has 7 nitrogen and oxygen atoms in total. The molecule has 178 valence electrons. The van der Waals surface area contributed by atoms with E-state index in [4.69, 9.17) is 0 Å². The van der Waals surface area contributed by atoms with Crippen LogP contribution >= 0.6 is 0 Å². The molecule has 1 aliphatic rings. The smallest absolute Gasteiger partial charge is 0.394 e. The Balaban J connectivity index is 1.57. The number of benzene rings is 2. The van der Waals surface area contributed by atoms with Crippen LogP contribution in [0.2, 0.25) is 0 Å². The first-order valence-corrected chi connectivity index (χ1v) is 11.0. The van der Waals surface area contributed by atoms with Crippen LogP contribution in [0, 0.1) is 0 Å². The lowest BCUT2D eigenvalue weighted by Gasteiger charge is -2.36. The predicted octanol–water partition coefficient (Wildman–Crippen LogP) is 3.38. The van der Waals surface area contributed by atoms with Gasteiger partial charge in [-0.3, -0.25) is 14.0 Å². The van der Waals surface area contributed by atoms with Gasteiger partial charge in [-0.1, -0.05) is 0 Å². The van der Waals surface area contributed by atoms with E-state index in [1.54, 1.807) is 34.5 Å². The van der Waals surface area contributed by atoms with Gasteiger partial charge in [-0.15, -0.1) is 0 Å². The Labute approximate surface area is 193 Å². The van der Waals surface area contributed by atoms with Gasteiger partial charge in [0.2, 0.25) is 0 Å². The quantitative estimate of drug-likeness (QED) is 0.426. The topological polar surface area (TPSA) is 84.1 Å². The third-order valence-electron chi connectivity index (χ3n) is 6.51. The molecule has 0 atom stereocenters. The minimum atomic E-state index is -4.42. The second-order valence-corrected chi connectivity index (χ2v) is 8.79. The number of carbonyl (C=O) groups is 1. The molecule has 0 unspecified atom stereocenters. The van der Waals surface area contributed by atoms with E-state index < -0.39 is 17.3 Å². The van der Waals surface area contributed by atoms with Gasteiger partial charge < -0.3 is 15.7 Å². The van der Waals surface area contributed by atoms with Crippen molar-refractivity contribution >= 4 is 27.8 Å². The van der Waals surface area contributed by atoms with Crippen molar-refractivity contribution < 1.29 is 23.1 Å². The fraction of sp³-hybridized carbons (Fsp3) is 0.333. The molecule has 3 N–H and O–H groups in total. The van der Waals surface area contributed by atoms with Gasteiger partial charge in [-0.05, 0) is 68.4 Å². The highest BCUT2D eigenvalue weighted by Crippen LogP contribution is 2.34. The number of amides is 1. The second-order valence-electron chi connectivity index (χ2n) is 8.79. The lowest BCUT2D eigenvalue weighted by Crippen LogP contribution is -2.56. The Kier molecular flexibility index (Phi) is 5.37. The standard InChI is InChI=1S/C24H24F3N5O2/c1-31-13-19-18-12-15(22(34)29-23(14-33)8-10-28-11-9-23)2-7-20(18)32(21(19)30-31)17-5-3-16(4-6-17)24(25,26)27/h2-7,12-13,28,33H,8-11,14H2,1H3,(H,29,34). The van der Waals surface area contributed by atoms with Crippen LogP contribution in [0.1, 0.15) is 28.8 Å². The normalized spacial score (nSPS) is 16.3.